The number of aromatic nitrogens is 2. The van der Waals surface area contributed by atoms with Crippen LogP contribution in [0.25, 0.3) is 15.2 Å². The molecule has 134 valence electrons. The third-order valence-electron chi connectivity index (χ3n) is 3.74. The molecule has 0 bridgehead atoms. The molecule has 0 fully saturated rings. The van der Waals surface area contributed by atoms with Crippen LogP contribution in [0.4, 0.5) is 0 Å². The highest BCUT2D eigenvalue weighted by atomic mass is 35.5. The first-order valence-corrected chi connectivity index (χ1v) is 8.59. The number of carboxylic acid groups (broad SMARTS) is 1. The van der Waals surface area contributed by atoms with Crippen molar-refractivity contribution in [2.24, 2.45) is 5.73 Å². The number of halogens is 1. The van der Waals surface area contributed by atoms with E-state index in [1.807, 2.05) is 42.5 Å². The summed E-state index contributed by atoms with van der Waals surface area (Å²) in [5.41, 5.74) is 7.60. The van der Waals surface area contributed by atoms with E-state index in [0.717, 1.165) is 15.8 Å². The molecule has 0 saturated heterocycles. The molecule has 0 radical (unpaired) electrons. The molecule has 2 heterocycles. The number of fused-ring (bicyclic) bond motifs is 3. The number of rotatable bonds is 4. The van der Waals surface area contributed by atoms with Crippen molar-refractivity contribution in [2.75, 3.05) is 0 Å². The minimum atomic E-state index is -1.00. The summed E-state index contributed by atoms with van der Waals surface area (Å²) in [5.74, 6) is 0.385. The monoisotopic (exact) mass is 391 g/mol. The molecule has 0 unspecified atom stereocenters. The van der Waals surface area contributed by atoms with Gasteiger partial charge < -0.3 is 15.6 Å². The highest BCUT2D eigenvalue weighted by molar-refractivity contribution is 7.23. The van der Waals surface area contributed by atoms with E-state index in [4.69, 9.17) is 15.1 Å². The average Bonchev–Trinajstić information content (AvgIpc) is 3.22. The number of para-hydroxylation sites is 1. The summed E-state index contributed by atoms with van der Waals surface area (Å²) in [6.45, 7) is 0.396. The van der Waals surface area contributed by atoms with Crippen LogP contribution in [0.3, 0.4) is 0 Å². The van der Waals surface area contributed by atoms with E-state index >= 15 is 0 Å². The Kier molecular flexibility index (Phi) is 5.38. The lowest BCUT2D eigenvalue weighted by atomic mass is 10.2. The lowest BCUT2D eigenvalue weighted by Crippen LogP contribution is -2.00. The summed E-state index contributed by atoms with van der Waals surface area (Å²) in [7, 11) is 0. The van der Waals surface area contributed by atoms with Crippen molar-refractivity contribution in [3.05, 3.63) is 59.9 Å². The molecule has 0 spiro atoms. The first-order valence-electron chi connectivity index (χ1n) is 7.43. The number of nitrogens with two attached hydrogens (primary N) is 1. The highest BCUT2D eigenvalue weighted by Crippen LogP contribution is 2.33. The number of nitrogens with zero attached hydrogens (tertiary/aromatic N) is 2. The number of carboxylic acids is 1. The number of ether oxygens (including phenoxy) is 1. The molecule has 2 aromatic carbocycles. The summed E-state index contributed by atoms with van der Waals surface area (Å²) < 4.78 is 15.0. The van der Waals surface area contributed by atoms with E-state index in [1.54, 1.807) is 4.40 Å². The van der Waals surface area contributed by atoms with Crippen molar-refractivity contribution < 1.29 is 19.3 Å². The van der Waals surface area contributed by atoms with Gasteiger partial charge in [-0.15, -0.1) is 0 Å². The van der Waals surface area contributed by atoms with Crippen LogP contribution < -0.4 is 10.5 Å². The van der Waals surface area contributed by atoms with Gasteiger partial charge in [-0.1, -0.05) is 29.5 Å². The molecular formula is C17H14ClN3O4S. The standard InChI is InChI=1S/C17H13N3O3S.ClHO/c18-8-10-3-1-2-4-14(10)23-11-5-6-12-15(7-11)24-17-19-9-13(16(21)22)20(12)17;1-2/h1-7,9H,8,18H2,(H,21,22);2H. The number of hydrogen-bond donors (Lipinski definition) is 3. The fraction of sp³-hybridized carbons (Fsp3) is 0.0588. The second-order valence-electron chi connectivity index (χ2n) is 5.21. The topological polar surface area (TPSA) is 110 Å². The van der Waals surface area contributed by atoms with Crippen LogP contribution in [-0.2, 0) is 6.54 Å². The van der Waals surface area contributed by atoms with Crippen LogP contribution in [0.5, 0.6) is 11.5 Å². The van der Waals surface area contributed by atoms with E-state index in [9.17, 15) is 9.90 Å². The van der Waals surface area contributed by atoms with Crippen molar-refractivity contribution in [1.82, 2.24) is 9.38 Å². The smallest absolute Gasteiger partial charge is 0.354 e. The summed E-state index contributed by atoms with van der Waals surface area (Å²) in [6.07, 6.45) is 1.37. The van der Waals surface area contributed by atoms with Crippen molar-refractivity contribution in [2.45, 2.75) is 6.54 Å². The molecule has 7 nitrogen and oxygen atoms in total. The van der Waals surface area contributed by atoms with Gasteiger partial charge in [0.2, 0.25) is 0 Å². The lowest BCUT2D eigenvalue weighted by molar-refractivity contribution is 0.0690. The molecule has 0 aliphatic carbocycles. The predicted molar refractivity (Wildman–Crippen MR) is 100 cm³/mol. The van der Waals surface area contributed by atoms with Gasteiger partial charge in [-0.3, -0.25) is 9.06 Å². The summed E-state index contributed by atoms with van der Waals surface area (Å²) in [5, 5.41) is 9.26. The van der Waals surface area contributed by atoms with Crippen LogP contribution in [0, 0.1) is 0 Å². The van der Waals surface area contributed by atoms with Gasteiger partial charge in [-0.2, -0.15) is 0 Å². The van der Waals surface area contributed by atoms with Crippen LogP contribution in [0.1, 0.15) is 16.1 Å². The first-order chi connectivity index (χ1) is 12.7. The zero-order valence-corrected chi connectivity index (χ0v) is 14.9. The summed E-state index contributed by atoms with van der Waals surface area (Å²) >= 11 is 5.06. The minimum Gasteiger partial charge on any atom is -0.477 e. The molecule has 0 saturated carbocycles. The molecule has 4 rings (SSSR count). The van der Waals surface area contributed by atoms with Crippen LogP contribution in [0.15, 0.2) is 48.7 Å². The van der Waals surface area contributed by atoms with Crippen LogP contribution in [-0.4, -0.2) is 25.1 Å². The number of aromatic carboxylic acids is 1. The van der Waals surface area contributed by atoms with Gasteiger partial charge in [0.05, 0.1) is 28.3 Å². The number of imidazole rings is 1. The number of carbonyl (C=O) groups is 1. The third kappa shape index (κ3) is 3.23. The number of benzene rings is 2. The second kappa shape index (κ2) is 7.71. The van der Waals surface area contributed by atoms with E-state index < -0.39 is 5.97 Å². The SMILES string of the molecule is NCc1ccccc1Oc1ccc2c(c1)sc1ncc(C(=O)O)n12.OCl. The van der Waals surface area contributed by atoms with Gasteiger partial charge in [0.15, 0.2) is 10.7 Å². The van der Waals surface area contributed by atoms with Gasteiger partial charge in [0, 0.05) is 18.2 Å². The van der Waals surface area contributed by atoms with Crippen molar-refractivity contribution in [1.29, 1.82) is 0 Å². The lowest BCUT2D eigenvalue weighted by Gasteiger charge is -2.09. The van der Waals surface area contributed by atoms with Crippen molar-refractivity contribution in [3.8, 4) is 11.5 Å². The maximum atomic E-state index is 11.3. The van der Waals surface area contributed by atoms with Crippen LogP contribution in [0.2, 0.25) is 0 Å². The van der Waals surface area contributed by atoms with Crippen molar-refractivity contribution >= 4 is 44.3 Å². The minimum absolute atomic E-state index is 0.151. The fourth-order valence-corrected chi connectivity index (χ4v) is 3.64. The molecule has 2 aromatic heterocycles. The third-order valence-corrected chi connectivity index (χ3v) is 4.76. The Morgan fingerprint density at radius 2 is 2.04 bits per heavy atom. The number of thiazole rings is 1. The Morgan fingerprint density at radius 1 is 1.27 bits per heavy atom. The Bertz CT molecular complexity index is 1080. The Hall–Kier alpha value is -2.65. The van der Waals surface area contributed by atoms with Crippen LogP contribution >= 0.6 is 23.2 Å². The Labute approximate surface area is 157 Å². The Morgan fingerprint density at radius 3 is 2.77 bits per heavy atom. The largest absolute Gasteiger partial charge is 0.477 e. The Balaban J connectivity index is 0.000000948. The number of hydrogen-bond acceptors (Lipinski definition) is 6. The second-order valence-corrected chi connectivity index (χ2v) is 6.22. The molecule has 4 aromatic rings. The van der Waals surface area contributed by atoms with Crippen molar-refractivity contribution in [3.63, 3.8) is 0 Å². The average molecular weight is 392 g/mol. The molecule has 26 heavy (non-hydrogen) atoms. The predicted octanol–water partition coefficient (Wildman–Crippen LogP) is 3.63. The molecule has 4 N–H and O–H groups in total. The van der Waals surface area contributed by atoms with E-state index in [2.05, 4.69) is 16.9 Å². The summed E-state index contributed by atoms with van der Waals surface area (Å²) in [4.78, 5) is 16.1. The normalized spacial score (nSPS) is 10.6. The molecule has 9 heteroatoms. The maximum Gasteiger partial charge on any atom is 0.354 e. The molecule has 0 aliphatic heterocycles. The molecule has 0 amide bonds. The summed E-state index contributed by atoms with van der Waals surface area (Å²) in [6, 6.07) is 13.1. The maximum absolute atomic E-state index is 11.3. The van der Waals surface area contributed by atoms with Gasteiger partial charge in [-0.25, -0.2) is 9.78 Å². The van der Waals surface area contributed by atoms with E-state index in [0.29, 0.717) is 23.0 Å². The highest BCUT2D eigenvalue weighted by Gasteiger charge is 2.16. The van der Waals surface area contributed by atoms with Gasteiger partial charge in [0.25, 0.3) is 0 Å². The molecule has 0 atom stereocenters. The van der Waals surface area contributed by atoms with Gasteiger partial charge in [0.1, 0.15) is 11.5 Å². The van der Waals surface area contributed by atoms with Gasteiger partial charge >= 0.3 is 5.97 Å². The zero-order valence-electron chi connectivity index (χ0n) is 13.3. The molecule has 0 aliphatic rings. The van der Waals surface area contributed by atoms with Gasteiger partial charge in [-0.05, 0) is 18.2 Å². The fourth-order valence-electron chi connectivity index (χ4n) is 2.61. The first kappa shape index (κ1) is 18.2. The molecular weight excluding hydrogens is 378 g/mol. The van der Waals surface area contributed by atoms with E-state index in [1.165, 1.54) is 17.5 Å². The zero-order chi connectivity index (χ0) is 18.7. The quantitative estimate of drug-likeness (QED) is 0.490. The van der Waals surface area contributed by atoms with E-state index in [-0.39, 0.29) is 5.69 Å².